The van der Waals surface area contributed by atoms with Crippen molar-refractivity contribution in [1.29, 1.82) is 0 Å². The Kier molecular flexibility index (Phi) is 6.14. The van der Waals surface area contributed by atoms with Gasteiger partial charge in [0.05, 0.1) is 18.0 Å². The Morgan fingerprint density at radius 1 is 1.14 bits per heavy atom. The predicted octanol–water partition coefficient (Wildman–Crippen LogP) is 0.814. The lowest BCUT2D eigenvalue weighted by Crippen LogP contribution is -2.56. The molecule has 0 aromatic rings. The third-order valence-electron chi connectivity index (χ3n) is 4.29. The van der Waals surface area contributed by atoms with E-state index in [1.807, 2.05) is 0 Å². The summed E-state index contributed by atoms with van der Waals surface area (Å²) < 4.78 is 0. The minimum atomic E-state index is -1.00. The van der Waals surface area contributed by atoms with E-state index < -0.39 is 23.5 Å². The summed E-state index contributed by atoms with van der Waals surface area (Å²) in [5.41, 5.74) is 5.07. The number of hydrogen-bond acceptors (Lipinski definition) is 4. The summed E-state index contributed by atoms with van der Waals surface area (Å²) in [5.74, 6) is -2.31. The van der Waals surface area contributed by atoms with Crippen molar-refractivity contribution >= 4 is 17.8 Å². The monoisotopic (exact) mass is 300 g/mol. The molecule has 0 saturated heterocycles. The maximum Gasteiger partial charge on any atom is 0.305 e. The van der Waals surface area contributed by atoms with Crippen LogP contribution < -0.4 is 5.73 Å². The number of nitrogens with two attached hydrogens (primary N) is 1. The Labute approximate surface area is 124 Å². The minimum Gasteiger partial charge on any atom is -0.481 e. The van der Waals surface area contributed by atoms with Crippen molar-refractivity contribution in [3.8, 4) is 0 Å². The molecule has 1 aliphatic rings. The van der Waals surface area contributed by atoms with Gasteiger partial charge >= 0.3 is 11.9 Å². The van der Waals surface area contributed by atoms with E-state index in [0.717, 1.165) is 19.3 Å². The molecule has 0 heterocycles. The number of carboxylic acid groups (broad SMARTS) is 2. The molecule has 0 aromatic heterocycles. The zero-order chi connectivity index (χ0) is 16.0. The Morgan fingerprint density at radius 3 is 2.19 bits per heavy atom. The maximum absolute atomic E-state index is 12.4. The van der Waals surface area contributed by atoms with Gasteiger partial charge < -0.3 is 20.8 Å². The molecule has 0 aliphatic heterocycles. The highest BCUT2D eigenvalue weighted by Crippen LogP contribution is 2.36. The summed E-state index contributed by atoms with van der Waals surface area (Å²) in [4.78, 5) is 35.5. The fraction of sp³-hybridized carbons (Fsp3) is 0.786. The third-order valence-corrected chi connectivity index (χ3v) is 4.29. The van der Waals surface area contributed by atoms with E-state index >= 15 is 0 Å². The summed E-state index contributed by atoms with van der Waals surface area (Å²) in [7, 11) is 1.58. The van der Waals surface area contributed by atoms with Crippen LogP contribution in [0.15, 0.2) is 0 Å². The zero-order valence-corrected chi connectivity index (χ0v) is 12.4. The highest BCUT2D eigenvalue weighted by Gasteiger charge is 2.41. The lowest BCUT2D eigenvalue weighted by molar-refractivity contribution is -0.146. The largest absolute Gasteiger partial charge is 0.481 e. The molecule has 1 fully saturated rings. The molecule has 1 atom stereocenters. The van der Waals surface area contributed by atoms with Gasteiger partial charge in [-0.15, -0.1) is 0 Å². The van der Waals surface area contributed by atoms with Crippen molar-refractivity contribution in [2.45, 2.75) is 62.9 Å². The van der Waals surface area contributed by atoms with E-state index in [0.29, 0.717) is 12.8 Å². The summed E-state index contributed by atoms with van der Waals surface area (Å²) in [5, 5.41) is 17.8. The number of carboxylic acids is 2. The van der Waals surface area contributed by atoms with E-state index in [1.165, 1.54) is 4.90 Å². The second-order valence-electron chi connectivity index (χ2n) is 5.79. The summed E-state index contributed by atoms with van der Waals surface area (Å²) in [6.45, 7) is 0. The van der Waals surface area contributed by atoms with Gasteiger partial charge in [-0.2, -0.15) is 0 Å². The van der Waals surface area contributed by atoms with E-state index in [1.54, 1.807) is 7.05 Å². The highest BCUT2D eigenvalue weighted by atomic mass is 16.4. The lowest BCUT2D eigenvalue weighted by atomic mass is 9.77. The van der Waals surface area contributed by atoms with E-state index in [9.17, 15) is 14.4 Å². The molecular formula is C14H24N2O5. The van der Waals surface area contributed by atoms with Crippen molar-refractivity contribution in [1.82, 2.24) is 4.90 Å². The Bertz CT molecular complexity index is 404. The van der Waals surface area contributed by atoms with Crippen molar-refractivity contribution in [3.63, 3.8) is 0 Å². The van der Waals surface area contributed by atoms with Crippen LogP contribution in [0.5, 0.6) is 0 Å². The molecule has 7 nitrogen and oxygen atoms in total. The molecule has 1 aliphatic carbocycles. The van der Waals surface area contributed by atoms with Crippen LogP contribution in [-0.4, -0.2) is 51.6 Å². The Morgan fingerprint density at radius 2 is 1.71 bits per heavy atom. The first-order valence-electron chi connectivity index (χ1n) is 7.25. The molecule has 4 N–H and O–H groups in total. The fourth-order valence-electron chi connectivity index (χ4n) is 3.01. The second-order valence-corrected chi connectivity index (χ2v) is 5.79. The first-order valence-corrected chi connectivity index (χ1v) is 7.25. The average Bonchev–Trinajstić information content (AvgIpc) is 2.43. The molecule has 1 rings (SSSR count). The molecule has 0 radical (unpaired) electrons. The van der Waals surface area contributed by atoms with Crippen molar-refractivity contribution in [2.75, 3.05) is 7.05 Å². The van der Waals surface area contributed by atoms with Gasteiger partial charge in [0.15, 0.2) is 0 Å². The van der Waals surface area contributed by atoms with Gasteiger partial charge in [-0.1, -0.05) is 19.3 Å². The highest BCUT2D eigenvalue weighted by molar-refractivity contribution is 5.83. The lowest BCUT2D eigenvalue weighted by Gasteiger charge is -2.44. The number of nitrogens with zero attached hydrogens (tertiary/aromatic N) is 1. The quantitative estimate of drug-likeness (QED) is 0.640. The van der Waals surface area contributed by atoms with Crippen LogP contribution in [0.4, 0.5) is 0 Å². The standard InChI is InChI=1S/C14H24N2O5/c1-16(13(21)10(15)5-6-11(17)18)14(9-12(19)20)7-3-2-4-8-14/h10H,2-9,15H2,1H3,(H,17,18)(H,19,20). The summed E-state index contributed by atoms with van der Waals surface area (Å²) in [6, 6.07) is -0.904. The summed E-state index contributed by atoms with van der Waals surface area (Å²) >= 11 is 0. The number of amides is 1. The first-order chi connectivity index (χ1) is 9.78. The molecule has 1 unspecified atom stereocenters. The number of likely N-dealkylation sites (N-methyl/N-ethyl adjacent to an activating group) is 1. The molecular weight excluding hydrogens is 276 g/mol. The average molecular weight is 300 g/mol. The van der Waals surface area contributed by atoms with Gasteiger partial charge in [-0.05, 0) is 19.3 Å². The molecule has 120 valence electrons. The van der Waals surface area contributed by atoms with Crippen LogP contribution in [0.1, 0.15) is 51.4 Å². The third kappa shape index (κ3) is 4.70. The molecule has 0 spiro atoms. The van der Waals surface area contributed by atoms with E-state index in [4.69, 9.17) is 15.9 Å². The van der Waals surface area contributed by atoms with E-state index in [-0.39, 0.29) is 25.2 Å². The van der Waals surface area contributed by atoms with Gasteiger partial charge in [0.1, 0.15) is 0 Å². The smallest absolute Gasteiger partial charge is 0.305 e. The molecule has 0 bridgehead atoms. The molecule has 21 heavy (non-hydrogen) atoms. The second kappa shape index (κ2) is 7.40. The van der Waals surface area contributed by atoms with Crippen LogP contribution in [0.3, 0.4) is 0 Å². The van der Waals surface area contributed by atoms with Crippen LogP contribution in [0.25, 0.3) is 0 Å². The molecule has 1 saturated carbocycles. The van der Waals surface area contributed by atoms with Crippen molar-refractivity contribution in [3.05, 3.63) is 0 Å². The number of rotatable bonds is 7. The summed E-state index contributed by atoms with van der Waals surface area (Å²) in [6.07, 6.45) is 3.88. The van der Waals surface area contributed by atoms with Crippen molar-refractivity contribution in [2.24, 2.45) is 5.73 Å². The van der Waals surface area contributed by atoms with Gasteiger partial charge in [0.2, 0.25) is 5.91 Å². The maximum atomic E-state index is 12.4. The number of hydrogen-bond donors (Lipinski definition) is 3. The SMILES string of the molecule is CN(C(=O)C(N)CCC(=O)O)C1(CC(=O)O)CCCCC1. The number of carbonyl (C=O) groups excluding carboxylic acids is 1. The zero-order valence-electron chi connectivity index (χ0n) is 12.4. The van der Waals surface area contributed by atoms with Gasteiger partial charge in [0.25, 0.3) is 0 Å². The Hall–Kier alpha value is -1.63. The van der Waals surface area contributed by atoms with Crippen molar-refractivity contribution < 1.29 is 24.6 Å². The number of aliphatic carboxylic acids is 2. The molecule has 7 heteroatoms. The number of carbonyl (C=O) groups is 3. The molecule has 1 amide bonds. The topological polar surface area (TPSA) is 121 Å². The van der Waals surface area contributed by atoms with Gasteiger partial charge in [-0.3, -0.25) is 14.4 Å². The normalized spacial score (nSPS) is 18.8. The van der Waals surface area contributed by atoms with Gasteiger partial charge in [-0.25, -0.2) is 0 Å². The van der Waals surface area contributed by atoms with Crippen LogP contribution in [0.2, 0.25) is 0 Å². The fourth-order valence-corrected chi connectivity index (χ4v) is 3.01. The van der Waals surface area contributed by atoms with Crippen LogP contribution >= 0.6 is 0 Å². The predicted molar refractivity (Wildman–Crippen MR) is 75.7 cm³/mol. The molecule has 0 aromatic carbocycles. The van der Waals surface area contributed by atoms with Crippen LogP contribution in [-0.2, 0) is 14.4 Å². The first kappa shape index (κ1) is 17.4. The van der Waals surface area contributed by atoms with Crippen LogP contribution in [0, 0.1) is 0 Å². The van der Waals surface area contributed by atoms with E-state index in [2.05, 4.69) is 0 Å². The van der Waals surface area contributed by atoms with Gasteiger partial charge in [0, 0.05) is 13.5 Å². The Balaban J connectivity index is 2.79. The minimum absolute atomic E-state index is 0.0572.